The molecule has 2 rings (SSSR count). The van der Waals surface area contributed by atoms with E-state index in [-0.39, 0.29) is 23.5 Å². The highest BCUT2D eigenvalue weighted by Crippen LogP contribution is 2.26. The van der Waals surface area contributed by atoms with E-state index < -0.39 is 0 Å². The van der Waals surface area contributed by atoms with Crippen molar-refractivity contribution >= 4 is 17.2 Å². The Morgan fingerprint density at radius 1 is 1.58 bits per heavy atom. The maximum Gasteiger partial charge on any atom is 0.246 e. The fourth-order valence-corrected chi connectivity index (χ4v) is 2.79. The molecule has 2 N–H and O–H groups in total. The SMILES string of the molecule is CC1(OCC(=O)NCC(C)(C)c2cccs2)CNC1. The average molecular weight is 282 g/mol. The maximum absolute atomic E-state index is 11.8. The summed E-state index contributed by atoms with van der Waals surface area (Å²) in [5.41, 5.74) is -0.202. The molecule has 0 saturated carbocycles. The van der Waals surface area contributed by atoms with Crippen LogP contribution in [-0.4, -0.2) is 37.7 Å². The number of hydrogen-bond acceptors (Lipinski definition) is 4. The Morgan fingerprint density at radius 2 is 2.32 bits per heavy atom. The van der Waals surface area contributed by atoms with E-state index in [0.717, 1.165) is 13.1 Å². The molecular weight excluding hydrogens is 260 g/mol. The monoisotopic (exact) mass is 282 g/mol. The third-order valence-corrected chi connectivity index (χ3v) is 4.70. The van der Waals surface area contributed by atoms with Crippen molar-refractivity contribution in [2.45, 2.75) is 31.8 Å². The van der Waals surface area contributed by atoms with Gasteiger partial charge in [-0.1, -0.05) is 19.9 Å². The van der Waals surface area contributed by atoms with Gasteiger partial charge in [-0.25, -0.2) is 0 Å². The molecule has 0 aromatic carbocycles. The van der Waals surface area contributed by atoms with Gasteiger partial charge in [-0.15, -0.1) is 11.3 Å². The van der Waals surface area contributed by atoms with Gasteiger partial charge in [-0.2, -0.15) is 0 Å². The third-order valence-electron chi connectivity index (χ3n) is 3.47. The summed E-state index contributed by atoms with van der Waals surface area (Å²) in [7, 11) is 0. The minimum absolute atomic E-state index is 0.0360. The Kier molecular flexibility index (Phi) is 4.28. The number of carbonyl (C=O) groups is 1. The Balaban J connectivity index is 1.74. The van der Waals surface area contributed by atoms with Gasteiger partial charge in [0.05, 0.1) is 5.60 Å². The minimum Gasteiger partial charge on any atom is -0.363 e. The summed E-state index contributed by atoms with van der Waals surface area (Å²) in [4.78, 5) is 13.1. The first-order chi connectivity index (χ1) is 8.91. The molecule has 1 aromatic rings. The van der Waals surface area contributed by atoms with Crippen LogP contribution in [0.2, 0.25) is 0 Å². The zero-order chi connectivity index (χ0) is 13.9. The summed E-state index contributed by atoms with van der Waals surface area (Å²) in [6.07, 6.45) is 0. The molecule has 0 bridgehead atoms. The second-order valence-electron chi connectivity index (χ2n) is 5.98. The van der Waals surface area contributed by atoms with Crippen LogP contribution < -0.4 is 10.6 Å². The molecule has 0 aliphatic carbocycles. The van der Waals surface area contributed by atoms with Gasteiger partial charge in [0.2, 0.25) is 5.91 Å². The highest BCUT2D eigenvalue weighted by Gasteiger charge is 2.33. The molecule has 2 heterocycles. The maximum atomic E-state index is 11.8. The lowest BCUT2D eigenvalue weighted by molar-refractivity contribution is -0.136. The second kappa shape index (κ2) is 5.61. The first kappa shape index (κ1) is 14.5. The van der Waals surface area contributed by atoms with Gasteiger partial charge in [-0.3, -0.25) is 4.79 Å². The first-order valence-electron chi connectivity index (χ1n) is 6.57. The van der Waals surface area contributed by atoms with Crippen LogP contribution in [0.25, 0.3) is 0 Å². The van der Waals surface area contributed by atoms with E-state index in [4.69, 9.17) is 4.74 Å². The van der Waals surface area contributed by atoms with Crippen LogP contribution in [0.1, 0.15) is 25.6 Å². The van der Waals surface area contributed by atoms with E-state index in [1.165, 1.54) is 4.88 Å². The molecule has 4 nitrogen and oxygen atoms in total. The predicted molar refractivity (Wildman–Crippen MR) is 77.6 cm³/mol. The molecule has 1 saturated heterocycles. The molecule has 0 spiro atoms. The van der Waals surface area contributed by atoms with Crippen molar-refractivity contribution in [3.05, 3.63) is 22.4 Å². The molecular formula is C14H22N2O2S. The van der Waals surface area contributed by atoms with E-state index >= 15 is 0 Å². The number of thiophene rings is 1. The van der Waals surface area contributed by atoms with Gasteiger partial charge < -0.3 is 15.4 Å². The van der Waals surface area contributed by atoms with Crippen molar-refractivity contribution < 1.29 is 9.53 Å². The van der Waals surface area contributed by atoms with E-state index in [1.54, 1.807) is 11.3 Å². The summed E-state index contributed by atoms with van der Waals surface area (Å²) in [6, 6.07) is 4.14. The van der Waals surface area contributed by atoms with E-state index in [1.807, 2.05) is 13.0 Å². The Hall–Kier alpha value is -0.910. The number of rotatable bonds is 6. The van der Waals surface area contributed by atoms with Crippen LogP contribution >= 0.6 is 11.3 Å². The smallest absolute Gasteiger partial charge is 0.246 e. The number of hydrogen-bond donors (Lipinski definition) is 2. The quantitative estimate of drug-likeness (QED) is 0.832. The van der Waals surface area contributed by atoms with Gasteiger partial charge >= 0.3 is 0 Å². The zero-order valence-electron chi connectivity index (χ0n) is 11.8. The first-order valence-corrected chi connectivity index (χ1v) is 7.45. The molecule has 1 aromatic heterocycles. The zero-order valence-corrected chi connectivity index (χ0v) is 12.6. The molecule has 1 fully saturated rings. The Morgan fingerprint density at radius 3 is 2.84 bits per heavy atom. The van der Waals surface area contributed by atoms with E-state index in [2.05, 4.69) is 35.9 Å². The van der Waals surface area contributed by atoms with Gasteiger partial charge in [-0.05, 0) is 18.4 Å². The minimum atomic E-state index is -0.166. The summed E-state index contributed by atoms with van der Waals surface area (Å²) in [6.45, 7) is 8.70. The molecule has 0 radical (unpaired) electrons. The Labute approximate surface area is 118 Å². The summed E-state index contributed by atoms with van der Waals surface area (Å²) < 4.78 is 5.61. The van der Waals surface area contributed by atoms with Gasteiger partial charge in [0.15, 0.2) is 0 Å². The largest absolute Gasteiger partial charge is 0.363 e. The molecule has 1 aliphatic heterocycles. The van der Waals surface area contributed by atoms with Crippen molar-refractivity contribution in [2.24, 2.45) is 0 Å². The molecule has 19 heavy (non-hydrogen) atoms. The van der Waals surface area contributed by atoms with Crippen molar-refractivity contribution in [3.63, 3.8) is 0 Å². The van der Waals surface area contributed by atoms with Gasteiger partial charge in [0, 0.05) is 29.9 Å². The van der Waals surface area contributed by atoms with Crippen LogP contribution in [0.5, 0.6) is 0 Å². The lowest BCUT2D eigenvalue weighted by atomic mass is 9.91. The van der Waals surface area contributed by atoms with Crippen LogP contribution in [-0.2, 0) is 14.9 Å². The average Bonchev–Trinajstić information content (AvgIpc) is 2.86. The van der Waals surface area contributed by atoms with Crippen molar-refractivity contribution in [2.75, 3.05) is 26.2 Å². The lowest BCUT2D eigenvalue weighted by Crippen LogP contribution is -2.59. The fourth-order valence-electron chi connectivity index (χ4n) is 1.94. The Bertz CT molecular complexity index is 425. The predicted octanol–water partition coefficient (Wildman–Crippen LogP) is 1.52. The highest BCUT2D eigenvalue weighted by molar-refractivity contribution is 7.10. The normalized spacial score (nSPS) is 17.8. The van der Waals surface area contributed by atoms with E-state index in [9.17, 15) is 4.79 Å². The van der Waals surface area contributed by atoms with Gasteiger partial charge in [0.1, 0.15) is 6.61 Å². The molecule has 5 heteroatoms. The van der Waals surface area contributed by atoms with Crippen LogP contribution in [0.3, 0.4) is 0 Å². The van der Waals surface area contributed by atoms with E-state index in [0.29, 0.717) is 6.54 Å². The molecule has 106 valence electrons. The molecule has 0 unspecified atom stereocenters. The number of carbonyl (C=O) groups excluding carboxylic acids is 1. The number of nitrogens with one attached hydrogen (secondary N) is 2. The molecule has 1 aliphatic rings. The van der Waals surface area contributed by atoms with Crippen LogP contribution in [0.4, 0.5) is 0 Å². The third kappa shape index (κ3) is 3.78. The summed E-state index contributed by atoms with van der Waals surface area (Å²) in [5, 5.41) is 8.16. The lowest BCUT2D eigenvalue weighted by Gasteiger charge is -2.38. The fraction of sp³-hybridized carbons (Fsp3) is 0.643. The number of amides is 1. The van der Waals surface area contributed by atoms with Crippen molar-refractivity contribution in [3.8, 4) is 0 Å². The van der Waals surface area contributed by atoms with Gasteiger partial charge in [0.25, 0.3) is 0 Å². The highest BCUT2D eigenvalue weighted by atomic mass is 32.1. The number of ether oxygens (including phenoxy) is 1. The van der Waals surface area contributed by atoms with Crippen molar-refractivity contribution in [1.29, 1.82) is 0 Å². The van der Waals surface area contributed by atoms with Crippen LogP contribution in [0.15, 0.2) is 17.5 Å². The summed E-state index contributed by atoms with van der Waals surface area (Å²) in [5.74, 6) is -0.0437. The van der Waals surface area contributed by atoms with Crippen molar-refractivity contribution in [1.82, 2.24) is 10.6 Å². The second-order valence-corrected chi connectivity index (χ2v) is 6.93. The topological polar surface area (TPSA) is 50.4 Å². The van der Waals surface area contributed by atoms with Crippen LogP contribution in [0, 0.1) is 0 Å². The standard InChI is InChI=1S/C14H22N2O2S/c1-13(2,11-5-4-6-19-11)8-16-12(17)7-18-14(3)9-15-10-14/h4-6,15H,7-10H2,1-3H3,(H,16,17). The molecule has 0 atom stereocenters. The summed E-state index contributed by atoms with van der Waals surface area (Å²) >= 11 is 1.72. The molecule has 1 amide bonds.